The molecule has 5 rings (SSSR count). The van der Waals surface area contributed by atoms with Crippen molar-refractivity contribution < 1.29 is 13.3 Å². The Bertz CT molecular complexity index is 1260. The third kappa shape index (κ3) is 4.29. The van der Waals surface area contributed by atoms with E-state index in [0.717, 1.165) is 22.0 Å². The summed E-state index contributed by atoms with van der Waals surface area (Å²) in [5, 5.41) is 13.6. The van der Waals surface area contributed by atoms with E-state index in [1.165, 1.54) is 23.9 Å². The first-order chi connectivity index (χ1) is 15.3. The van der Waals surface area contributed by atoms with Crippen molar-refractivity contribution in [1.82, 2.24) is 19.9 Å². The van der Waals surface area contributed by atoms with Gasteiger partial charge in [0, 0.05) is 17.4 Å². The van der Waals surface area contributed by atoms with Crippen LogP contribution in [0.1, 0.15) is 11.3 Å². The van der Waals surface area contributed by atoms with Crippen LogP contribution in [0.4, 0.5) is 4.39 Å². The second kappa shape index (κ2) is 8.61. The second-order valence-corrected chi connectivity index (χ2v) is 7.78. The van der Waals surface area contributed by atoms with Crippen molar-refractivity contribution >= 4 is 11.8 Å². The molecule has 0 aliphatic rings. The fraction of sp³-hybridized carbons (Fsp3) is 0.0870. The summed E-state index contributed by atoms with van der Waals surface area (Å²) in [6, 6.07) is 21.8. The van der Waals surface area contributed by atoms with Crippen LogP contribution in [0.2, 0.25) is 0 Å². The number of thioether (sulfide) groups is 1. The van der Waals surface area contributed by atoms with Crippen LogP contribution in [0.25, 0.3) is 22.9 Å². The Kier molecular flexibility index (Phi) is 5.37. The van der Waals surface area contributed by atoms with Gasteiger partial charge in [0.1, 0.15) is 5.82 Å². The zero-order chi connectivity index (χ0) is 21.0. The van der Waals surface area contributed by atoms with Gasteiger partial charge in [0.05, 0.1) is 18.5 Å². The minimum absolute atomic E-state index is 0.286. The molecular weight excluding hydrogens is 415 g/mol. The second-order valence-electron chi connectivity index (χ2n) is 6.83. The lowest BCUT2D eigenvalue weighted by molar-refractivity contribution is 0.413. The summed E-state index contributed by atoms with van der Waals surface area (Å²) >= 11 is 1.51. The van der Waals surface area contributed by atoms with Crippen LogP contribution in [-0.2, 0) is 12.3 Å². The molecule has 3 aromatic heterocycles. The summed E-state index contributed by atoms with van der Waals surface area (Å²) in [7, 11) is 0. The minimum Gasteiger partial charge on any atom is -0.461 e. The number of nitrogens with zero attached hydrogens (tertiary/aromatic N) is 4. The molecule has 0 aliphatic carbocycles. The number of halogens is 1. The number of furan rings is 1. The Morgan fingerprint density at radius 1 is 0.903 bits per heavy atom. The molecule has 0 unspecified atom stereocenters. The molecule has 5 aromatic rings. The fourth-order valence-corrected chi connectivity index (χ4v) is 3.99. The standard InChI is InChI=1S/C23H17FN4O2S/c24-18-10-8-17(9-11-18)22-25-26-23(28(22)14-16-5-2-1-3-6-16)31-15-19-13-21(30-27-19)20-7-4-12-29-20/h1-13H,14-15H2. The summed E-state index contributed by atoms with van der Waals surface area (Å²) in [5.41, 5.74) is 2.70. The number of hydrogen-bond donors (Lipinski definition) is 0. The van der Waals surface area contributed by atoms with Crippen LogP contribution < -0.4 is 0 Å². The third-order valence-corrected chi connectivity index (χ3v) is 5.68. The molecule has 0 radical (unpaired) electrons. The van der Waals surface area contributed by atoms with Crippen molar-refractivity contribution in [3.63, 3.8) is 0 Å². The Morgan fingerprint density at radius 3 is 2.52 bits per heavy atom. The maximum absolute atomic E-state index is 13.4. The van der Waals surface area contributed by atoms with Crippen LogP contribution in [0, 0.1) is 5.82 Å². The largest absolute Gasteiger partial charge is 0.461 e. The first-order valence-electron chi connectivity index (χ1n) is 9.61. The summed E-state index contributed by atoms with van der Waals surface area (Å²) in [6.07, 6.45) is 1.59. The lowest BCUT2D eigenvalue weighted by Gasteiger charge is -2.10. The van der Waals surface area contributed by atoms with E-state index in [1.54, 1.807) is 24.5 Å². The maximum atomic E-state index is 13.4. The van der Waals surface area contributed by atoms with Gasteiger partial charge < -0.3 is 8.94 Å². The fourth-order valence-electron chi connectivity index (χ4n) is 3.17. The Balaban J connectivity index is 1.41. The molecule has 3 heterocycles. The van der Waals surface area contributed by atoms with Crippen LogP contribution in [0.5, 0.6) is 0 Å². The Morgan fingerprint density at radius 2 is 1.74 bits per heavy atom. The van der Waals surface area contributed by atoms with Crippen molar-refractivity contribution in [3.05, 3.63) is 96.1 Å². The lowest BCUT2D eigenvalue weighted by atomic mass is 10.2. The van der Waals surface area contributed by atoms with Crippen molar-refractivity contribution in [2.75, 3.05) is 0 Å². The van der Waals surface area contributed by atoms with Crippen LogP contribution in [0.15, 0.2) is 93.2 Å². The number of aromatic nitrogens is 4. The zero-order valence-corrected chi connectivity index (χ0v) is 17.1. The van der Waals surface area contributed by atoms with E-state index in [9.17, 15) is 4.39 Å². The van der Waals surface area contributed by atoms with Crippen molar-refractivity contribution in [3.8, 4) is 22.9 Å². The summed E-state index contributed by atoms with van der Waals surface area (Å²) in [4.78, 5) is 0. The molecule has 0 spiro atoms. The SMILES string of the molecule is Fc1ccc(-c2nnc(SCc3cc(-c4ccco4)on3)n2Cc2ccccc2)cc1. The van der Waals surface area contributed by atoms with Gasteiger partial charge >= 0.3 is 0 Å². The molecule has 0 bridgehead atoms. The van der Waals surface area contributed by atoms with E-state index in [0.29, 0.717) is 29.6 Å². The normalized spacial score (nSPS) is 11.1. The highest BCUT2D eigenvalue weighted by Crippen LogP contribution is 2.29. The highest BCUT2D eigenvalue weighted by atomic mass is 32.2. The molecule has 0 saturated carbocycles. The number of benzene rings is 2. The molecule has 0 fully saturated rings. The van der Waals surface area contributed by atoms with Gasteiger partial charge in [-0.2, -0.15) is 0 Å². The van der Waals surface area contributed by atoms with Gasteiger partial charge in [0.25, 0.3) is 0 Å². The molecule has 0 N–H and O–H groups in total. The van der Waals surface area contributed by atoms with Gasteiger partial charge in [0.2, 0.25) is 5.76 Å². The van der Waals surface area contributed by atoms with E-state index in [1.807, 2.05) is 34.9 Å². The average molecular weight is 432 g/mol. The highest BCUT2D eigenvalue weighted by molar-refractivity contribution is 7.98. The molecule has 8 heteroatoms. The van der Waals surface area contributed by atoms with Gasteiger partial charge in [-0.1, -0.05) is 47.3 Å². The maximum Gasteiger partial charge on any atom is 0.202 e. The molecule has 154 valence electrons. The summed E-state index contributed by atoms with van der Waals surface area (Å²) in [6.45, 7) is 0.597. The molecule has 31 heavy (non-hydrogen) atoms. The molecule has 0 atom stereocenters. The number of rotatable bonds is 7. The minimum atomic E-state index is -0.286. The van der Waals surface area contributed by atoms with Crippen molar-refractivity contribution in [2.24, 2.45) is 0 Å². The van der Waals surface area contributed by atoms with Gasteiger partial charge in [-0.05, 0) is 42.0 Å². The van der Waals surface area contributed by atoms with E-state index in [-0.39, 0.29) is 5.82 Å². The molecule has 0 saturated heterocycles. The van der Waals surface area contributed by atoms with Gasteiger partial charge in [-0.25, -0.2) is 4.39 Å². The predicted octanol–water partition coefficient (Wildman–Crippen LogP) is 5.67. The van der Waals surface area contributed by atoms with Crippen LogP contribution >= 0.6 is 11.8 Å². The number of hydrogen-bond acceptors (Lipinski definition) is 6. The van der Waals surface area contributed by atoms with E-state index < -0.39 is 0 Å². The van der Waals surface area contributed by atoms with Gasteiger partial charge in [-0.15, -0.1) is 10.2 Å². The van der Waals surface area contributed by atoms with Crippen molar-refractivity contribution in [2.45, 2.75) is 17.5 Å². The Labute approximate surface area is 181 Å². The molecule has 6 nitrogen and oxygen atoms in total. The van der Waals surface area contributed by atoms with Crippen LogP contribution in [0.3, 0.4) is 0 Å². The molecular formula is C23H17FN4O2S. The molecule has 2 aromatic carbocycles. The van der Waals surface area contributed by atoms with E-state index >= 15 is 0 Å². The first-order valence-corrected chi connectivity index (χ1v) is 10.6. The van der Waals surface area contributed by atoms with Gasteiger partial charge in [0.15, 0.2) is 16.7 Å². The molecule has 0 aliphatic heterocycles. The van der Waals surface area contributed by atoms with Crippen molar-refractivity contribution in [1.29, 1.82) is 0 Å². The lowest BCUT2D eigenvalue weighted by Crippen LogP contribution is -2.04. The average Bonchev–Trinajstić information content (AvgIpc) is 3.55. The van der Waals surface area contributed by atoms with Crippen LogP contribution in [-0.4, -0.2) is 19.9 Å². The smallest absolute Gasteiger partial charge is 0.202 e. The third-order valence-electron chi connectivity index (χ3n) is 4.67. The topological polar surface area (TPSA) is 69.9 Å². The zero-order valence-electron chi connectivity index (χ0n) is 16.3. The Hall–Kier alpha value is -3.65. The first kappa shape index (κ1) is 19.3. The molecule has 0 amide bonds. The van der Waals surface area contributed by atoms with Gasteiger partial charge in [-0.3, -0.25) is 4.57 Å². The summed E-state index contributed by atoms with van der Waals surface area (Å²) in [5.74, 6) is 2.17. The highest BCUT2D eigenvalue weighted by Gasteiger charge is 2.17. The predicted molar refractivity (Wildman–Crippen MR) is 115 cm³/mol. The quantitative estimate of drug-likeness (QED) is 0.309. The van der Waals surface area contributed by atoms with E-state index in [4.69, 9.17) is 8.94 Å². The monoisotopic (exact) mass is 432 g/mol. The van der Waals surface area contributed by atoms with E-state index in [2.05, 4.69) is 27.5 Å². The summed E-state index contributed by atoms with van der Waals surface area (Å²) < 4.78 is 26.1.